The van der Waals surface area contributed by atoms with Gasteiger partial charge in [0.2, 0.25) is 0 Å². The highest BCUT2D eigenvalue weighted by molar-refractivity contribution is 6.00. The van der Waals surface area contributed by atoms with E-state index in [4.69, 9.17) is 14.7 Å². The maximum absolute atomic E-state index is 11.0. The van der Waals surface area contributed by atoms with Crippen LogP contribution in [0.2, 0.25) is 0 Å². The molecule has 3 aromatic carbocycles. The highest BCUT2D eigenvalue weighted by Crippen LogP contribution is 2.22. The molecule has 5 heteroatoms. The normalized spacial score (nSPS) is 11.3. The summed E-state index contributed by atoms with van der Waals surface area (Å²) < 4.78 is 5.81. The van der Waals surface area contributed by atoms with E-state index in [1.165, 1.54) is 11.1 Å². The third-order valence-corrected chi connectivity index (χ3v) is 5.44. The summed E-state index contributed by atoms with van der Waals surface area (Å²) in [6.45, 7) is 4.66. The Morgan fingerprint density at radius 3 is 2.33 bits per heavy atom. The third-order valence-electron chi connectivity index (χ3n) is 5.44. The summed E-state index contributed by atoms with van der Waals surface area (Å²) in [5.41, 5.74) is 5.93. The number of nitrogens with zero attached hydrogens (tertiary/aromatic N) is 1. The molecule has 0 saturated carbocycles. The van der Waals surface area contributed by atoms with E-state index in [-0.39, 0.29) is 6.42 Å². The van der Waals surface area contributed by atoms with Crippen molar-refractivity contribution in [3.8, 4) is 16.9 Å². The van der Waals surface area contributed by atoms with Gasteiger partial charge in [0.25, 0.3) is 0 Å². The molecule has 0 amide bonds. The van der Waals surface area contributed by atoms with E-state index in [2.05, 4.69) is 48.5 Å². The molecule has 0 heterocycles. The van der Waals surface area contributed by atoms with Crippen LogP contribution in [0.5, 0.6) is 5.75 Å². The van der Waals surface area contributed by atoms with Crippen molar-refractivity contribution in [1.82, 2.24) is 0 Å². The van der Waals surface area contributed by atoms with Crippen LogP contribution in [0.15, 0.2) is 78.0 Å². The maximum atomic E-state index is 11.0. The van der Waals surface area contributed by atoms with Gasteiger partial charge in [0.15, 0.2) is 6.61 Å². The van der Waals surface area contributed by atoms with Crippen LogP contribution in [0.25, 0.3) is 11.1 Å². The van der Waals surface area contributed by atoms with Crippen LogP contribution < -0.4 is 4.74 Å². The van der Waals surface area contributed by atoms with Gasteiger partial charge >= 0.3 is 5.97 Å². The monoisotopic (exact) mass is 445 g/mol. The van der Waals surface area contributed by atoms with E-state index in [1.807, 2.05) is 37.3 Å². The zero-order chi connectivity index (χ0) is 23.5. The number of hydrogen-bond donors (Lipinski definition) is 1. The average Bonchev–Trinajstić information content (AvgIpc) is 2.83. The fourth-order valence-corrected chi connectivity index (χ4v) is 3.56. The van der Waals surface area contributed by atoms with E-state index in [1.54, 1.807) is 6.07 Å². The first-order valence-electron chi connectivity index (χ1n) is 11.4. The first-order valence-corrected chi connectivity index (χ1v) is 11.4. The number of ether oxygens (including phenoxy) is 1. The zero-order valence-corrected chi connectivity index (χ0v) is 19.3. The van der Waals surface area contributed by atoms with Crippen molar-refractivity contribution in [3.05, 3.63) is 89.5 Å². The molecule has 172 valence electrons. The second-order valence-corrected chi connectivity index (χ2v) is 7.88. The number of unbranched alkanes of at least 4 members (excludes halogenated alkanes) is 1. The topological polar surface area (TPSA) is 68.1 Å². The van der Waals surface area contributed by atoms with Crippen LogP contribution in [0.4, 0.5) is 0 Å². The van der Waals surface area contributed by atoms with Crippen LogP contribution >= 0.6 is 0 Å². The van der Waals surface area contributed by atoms with Gasteiger partial charge in [-0.15, -0.1) is 0 Å². The maximum Gasteiger partial charge on any atom is 0.307 e. The van der Waals surface area contributed by atoms with Crippen LogP contribution in [0, 0.1) is 6.92 Å². The third kappa shape index (κ3) is 7.21. The summed E-state index contributed by atoms with van der Waals surface area (Å²) in [7, 11) is 0. The van der Waals surface area contributed by atoms with Gasteiger partial charge in [-0.05, 0) is 53.6 Å². The number of hydrogen-bond acceptors (Lipinski definition) is 4. The van der Waals surface area contributed by atoms with Gasteiger partial charge in [-0.2, -0.15) is 0 Å². The Balaban J connectivity index is 1.59. The van der Waals surface area contributed by atoms with Crippen LogP contribution in [0.3, 0.4) is 0 Å². The lowest BCUT2D eigenvalue weighted by Gasteiger charge is -2.12. The molecule has 0 aliphatic rings. The predicted octanol–water partition coefficient (Wildman–Crippen LogP) is 6.28. The van der Waals surface area contributed by atoms with Gasteiger partial charge in [0.1, 0.15) is 12.4 Å². The van der Waals surface area contributed by atoms with Gasteiger partial charge in [0.05, 0.1) is 12.1 Å². The van der Waals surface area contributed by atoms with Crippen molar-refractivity contribution in [2.24, 2.45) is 5.16 Å². The first kappa shape index (κ1) is 24.1. The van der Waals surface area contributed by atoms with Crippen molar-refractivity contribution < 1.29 is 19.5 Å². The van der Waals surface area contributed by atoms with Gasteiger partial charge in [-0.1, -0.05) is 85.2 Å². The average molecular weight is 446 g/mol. The Kier molecular flexibility index (Phi) is 9.07. The summed E-state index contributed by atoms with van der Waals surface area (Å²) in [5.74, 6) is -0.187. The van der Waals surface area contributed by atoms with Crippen LogP contribution in [0.1, 0.15) is 42.9 Å². The summed E-state index contributed by atoms with van der Waals surface area (Å²) in [5, 5.41) is 13.4. The van der Waals surface area contributed by atoms with Crippen molar-refractivity contribution in [2.45, 2.75) is 39.5 Å². The molecule has 0 saturated heterocycles. The van der Waals surface area contributed by atoms with Gasteiger partial charge in [0, 0.05) is 0 Å². The van der Waals surface area contributed by atoms with Crippen LogP contribution in [-0.4, -0.2) is 30.0 Å². The fraction of sp³-hybridized carbons (Fsp3) is 0.286. The number of benzene rings is 3. The van der Waals surface area contributed by atoms with Gasteiger partial charge in [-0.3, -0.25) is 4.79 Å². The van der Waals surface area contributed by atoms with Crippen molar-refractivity contribution >= 4 is 11.7 Å². The molecule has 0 fully saturated rings. The van der Waals surface area contributed by atoms with Gasteiger partial charge in [-0.25, -0.2) is 0 Å². The molecule has 0 spiro atoms. The smallest absolute Gasteiger partial charge is 0.307 e. The standard InChI is InChI=1S/C28H31NO4/c1-3-4-12-26(24-16-14-23(15-17-24)22-9-6-5-7-10-22)29-33-19-18-32-27-13-8-11-25(21(27)2)20-28(30)31/h5-11,13-17H,3-4,12,18-20H2,1-2H3,(H,30,31). The number of aliphatic carboxylic acids is 1. The lowest BCUT2D eigenvalue weighted by atomic mass is 10.00. The van der Waals surface area contributed by atoms with E-state index >= 15 is 0 Å². The molecule has 0 atom stereocenters. The Hall–Kier alpha value is -3.60. The van der Waals surface area contributed by atoms with Crippen molar-refractivity contribution in [3.63, 3.8) is 0 Å². The summed E-state index contributed by atoms with van der Waals surface area (Å²) in [4.78, 5) is 16.6. The molecular formula is C28H31NO4. The molecule has 1 N–H and O–H groups in total. The number of oxime groups is 1. The molecular weight excluding hydrogens is 414 g/mol. The number of carboxylic acids is 1. The quantitative estimate of drug-likeness (QED) is 0.202. The lowest BCUT2D eigenvalue weighted by Crippen LogP contribution is -2.09. The lowest BCUT2D eigenvalue weighted by molar-refractivity contribution is -0.136. The number of carbonyl (C=O) groups is 1. The Labute approximate surface area is 195 Å². The minimum absolute atomic E-state index is 0.0202. The van der Waals surface area contributed by atoms with E-state index in [0.29, 0.717) is 19.0 Å². The molecule has 0 aromatic heterocycles. The van der Waals surface area contributed by atoms with E-state index < -0.39 is 5.97 Å². The Morgan fingerprint density at radius 2 is 1.64 bits per heavy atom. The second kappa shape index (κ2) is 12.4. The molecule has 0 radical (unpaired) electrons. The molecule has 0 aliphatic carbocycles. The van der Waals surface area contributed by atoms with E-state index in [9.17, 15) is 4.79 Å². The SMILES string of the molecule is CCCCC(=NOCCOc1cccc(CC(=O)O)c1C)c1ccc(-c2ccccc2)cc1. The number of rotatable bonds is 12. The minimum Gasteiger partial charge on any atom is -0.490 e. The summed E-state index contributed by atoms with van der Waals surface area (Å²) in [6.07, 6.45) is 2.94. The largest absolute Gasteiger partial charge is 0.490 e. The zero-order valence-electron chi connectivity index (χ0n) is 19.3. The fourth-order valence-electron chi connectivity index (χ4n) is 3.56. The first-order chi connectivity index (χ1) is 16.1. The van der Waals surface area contributed by atoms with E-state index in [0.717, 1.165) is 41.7 Å². The molecule has 0 unspecified atom stereocenters. The molecule has 5 nitrogen and oxygen atoms in total. The van der Waals surface area contributed by atoms with Crippen LogP contribution in [-0.2, 0) is 16.1 Å². The Morgan fingerprint density at radius 1 is 0.909 bits per heavy atom. The molecule has 3 rings (SSSR count). The summed E-state index contributed by atoms with van der Waals surface area (Å²) in [6, 6.07) is 24.2. The number of carboxylic acid groups (broad SMARTS) is 1. The Bertz CT molecular complexity index is 1060. The highest BCUT2D eigenvalue weighted by Gasteiger charge is 2.09. The predicted molar refractivity (Wildman–Crippen MR) is 132 cm³/mol. The second-order valence-electron chi connectivity index (χ2n) is 7.88. The molecule has 33 heavy (non-hydrogen) atoms. The highest BCUT2D eigenvalue weighted by atomic mass is 16.6. The van der Waals surface area contributed by atoms with Gasteiger partial charge < -0.3 is 14.7 Å². The molecule has 0 aliphatic heterocycles. The van der Waals surface area contributed by atoms with Crippen molar-refractivity contribution in [2.75, 3.05) is 13.2 Å². The van der Waals surface area contributed by atoms with Crippen molar-refractivity contribution in [1.29, 1.82) is 0 Å². The summed E-state index contributed by atoms with van der Waals surface area (Å²) >= 11 is 0. The minimum atomic E-state index is -0.857. The molecule has 3 aromatic rings. The molecule has 0 bridgehead atoms.